The van der Waals surface area contributed by atoms with Crippen molar-refractivity contribution >= 4 is 22.6 Å². The lowest BCUT2D eigenvalue weighted by molar-refractivity contribution is -0.116. The molecule has 0 radical (unpaired) electrons. The lowest BCUT2D eigenvalue weighted by Gasteiger charge is -2.26. The number of rotatable bonds is 10. The normalized spacial score (nSPS) is 12.1. The van der Waals surface area contributed by atoms with E-state index in [4.69, 9.17) is 18.6 Å². The number of hydrogen-bond acceptors (Lipinski definition) is 6. The predicted molar refractivity (Wildman–Crippen MR) is 121 cm³/mol. The van der Waals surface area contributed by atoms with Crippen molar-refractivity contribution < 1.29 is 23.4 Å². The van der Waals surface area contributed by atoms with E-state index in [1.54, 1.807) is 33.5 Å². The molecule has 31 heavy (non-hydrogen) atoms. The van der Waals surface area contributed by atoms with Gasteiger partial charge in [0, 0.05) is 36.2 Å². The van der Waals surface area contributed by atoms with Crippen molar-refractivity contribution in [1.82, 2.24) is 4.90 Å². The van der Waals surface area contributed by atoms with E-state index in [1.165, 1.54) is 0 Å². The zero-order valence-corrected chi connectivity index (χ0v) is 18.7. The molecule has 1 atom stereocenters. The van der Waals surface area contributed by atoms with E-state index >= 15 is 0 Å². The molecular weight excluding hydrogens is 396 g/mol. The highest BCUT2D eigenvalue weighted by Gasteiger charge is 2.20. The van der Waals surface area contributed by atoms with Gasteiger partial charge in [-0.1, -0.05) is 25.1 Å². The summed E-state index contributed by atoms with van der Waals surface area (Å²) in [6.07, 6.45) is 0.342. The number of amides is 1. The second-order valence-corrected chi connectivity index (χ2v) is 7.20. The summed E-state index contributed by atoms with van der Waals surface area (Å²) in [6.45, 7) is 5.58. The molecule has 1 N–H and O–H groups in total. The largest absolute Gasteiger partial charge is 0.493 e. The second kappa shape index (κ2) is 10.2. The predicted octanol–water partition coefficient (Wildman–Crippen LogP) is 4.87. The fourth-order valence-electron chi connectivity index (χ4n) is 3.64. The number of methoxy groups -OCH3 is 3. The van der Waals surface area contributed by atoms with Gasteiger partial charge in [-0.05, 0) is 25.6 Å². The Kier molecular flexibility index (Phi) is 7.41. The van der Waals surface area contributed by atoms with Crippen LogP contribution in [-0.2, 0) is 4.79 Å². The molecule has 0 saturated carbocycles. The van der Waals surface area contributed by atoms with E-state index in [2.05, 4.69) is 30.1 Å². The van der Waals surface area contributed by atoms with Crippen molar-refractivity contribution in [2.45, 2.75) is 26.3 Å². The number of carbonyl (C=O) groups excluding carboxylic acids is 1. The first kappa shape index (κ1) is 22.5. The summed E-state index contributed by atoms with van der Waals surface area (Å²) in [5, 5.41) is 4.00. The van der Waals surface area contributed by atoms with E-state index in [0.717, 1.165) is 23.3 Å². The summed E-state index contributed by atoms with van der Waals surface area (Å²) >= 11 is 0. The van der Waals surface area contributed by atoms with Crippen LogP contribution >= 0.6 is 0 Å². The van der Waals surface area contributed by atoms with Crippen LogP contribution in [-0.4, -0.2) is 45.2 Å². The molecule has 166 valence electrons. The molecule has 0 bridgehead atoms. The standard InChI is InChI=1S/C24H30N2O5/c1-6-26(16(2)20-13-17-9-7-8-10-19(17)31-20)12-11-23(27)25-18-14-21(28-3)24(30-5)22(15-18)29-4/h7-10,13-16H,6,11-12H2,1-5H3,(H,25,27). The summed E-state index contributed by atoms with van der Waals surface area (Å²) in [6, 6.07) is 13.5. The highest BCUT2D eigenvalue weighted by molar-refractivity contribution is 5.91. The Balaban J connectivity index is 1.64. The Bertz CT molecular complexity index is 972. The zero-order valence-electron chi connectivity index (χ0n) is 18.7. The third-order valence-corrected chi connectivity index (χ3v) is 5.38. The Morgan fingerprint density at radius 3 is 2.32 bits per heavy atom. The molecule has 3 rings (SSSR count). The number of para-hydroxylation sites is 1. The first-order valence-electron chi connectivity index (χ1n) is 10.3. The second-order valence-electron chi connectivity index (χ2n) is 7.20. The summed E-state index contributed by atoms with van der Waals surface area (Å²) in [5.41, 5.74) is 1.47. The minimum atomic E-state index is -0.0930. The fraction of sp³-hybridized carbons (Fsp3) is 0.375. The average Bonchev–Trinajstić information content (AvgIpc) is 3.22. The van der Waals surface area contributed by atoms with Crippen molar-refractivity contribution in [2.24, 2.45) is 0 Å². The van der Waals surface area contributed by atoms with Crippen molar-refractivity contribution in [3.63, 3.8) is 0 Å². The number of anilines is 1. The molecule has 3 aromatic rings. The molecule has 2 aromatic carbocycles. The molecule has 1 aromatic heterocycles. The van der Waals surface area contributed by atoms with E-state index in [0.29, 0.717) is 35.9 Å². The molecular formula is C24H30N2O5. The Morgan fingerprint density at radius 2 is 1.74 bits per heavy atom. The fourth-order valence-corrected chi connectivity index (χ4v) is 3.64. The molecule has 0 aliphatic carbocycles. The third-order valence-electron chi connectivity index (χ3n) is 5.38. The van der Waals surface area contributed by atoms with Crippen molar-refractivity contribution in [2.75, 3.05) is 39.7 Å². The SMILES string of the molecule is CCN(CCC(=O)Nc1cc(OC)c(OC)c(OC)c1)C(C)c1cc2ccccc2o1. The van der Waals surface area contributed by atoms with Crippen molar-refractivity contribution in [3.05, 3.63) is 48.2 Å². The Morgan fingerprint density at radius 1 is 1.06 bits per heavy atom. The average molecular weight is 427 g/mol. The molecule has 0 aliphatic heterocycles. The van der Waals surface area contributed by atoms with Gasteiger partial charge in [0.25, 0.3) is 0 Å². The molecule has 1 unspecified atom stereocenters. The van der Waals surface area contributed by atoms with E-state index < -0.39 is 0 Å². The number of hydrogen-bond donors (Lipinski definition) is 1. The highest BCUT2D eigenvalue weighted by Crippen LogP contribution is 2.40. The minimum absolute atomic E-state index is 0.0615. The lowest BCUT2D eigenvalue weighted by Crippen LogP contribution is -2.30. The van der Waals surface area contributed by atoms with Gasteiger partial charge in [0.05, 0.1) is 27.4 Å². The molecule has 0 fully saturated rings. The van der Waals surface area contributed by atoms with Gasteiger partial charge >= 0.3 is 0 Å². The van der Waals surface area contributed by atoms with Crippen LogP contribution in [0.2, 0.25) is 0 Å². The summed E-state index contributed by atoms with van der Waals surface area (Å²) in [7, 11) is 4.63. The number of ether oxygens (including phenoxy) is 3. The molecule has 7 nitrogen and oxygen atoms in total. The number of carbonyl (C=O) groups is 1. The topological polar surface area (TPSA) is 73.2 Å². The summed E-state index contributed by atoms with van der Waals surface area (Å²) in [5.74, 6) is 2.27. The van der Waals surface area contributed by atoms with Crippen LogP contribution in [0.3, 0.4) is 0 Å². The van der Waals surface area contributed by atoms with Crippen LogP contribution in [0.15, 0.2) is 46.9 Å². The number of nitrogens with zero attached hydrogens (tertiary/aromatic N) is 1. The van der Waals surface area contributed by atoms with Gasteiger partial charge in [-0.3, -0.25) is 9.69 Å². The van der Waals surface area contributed by atoms with E-state index in [9.17, 15) is 4.79 Å². The molecule has 0 spiro atoms. The van der Waals surface area contributed by atoms with E-state index in [-0.39, 0.29) is 11.9 Å². The maximum atomic E-state index is 12.6. The van der Waals surface area contributed by atoms with Gasteiger partial charge < -0.3 is 23.9 Å². The zero-order chi connectivity index (χ0) is 22.4. The molecule has 0 saturated heterocycles. The molecule has 7 heteroatoms. The third kappa shape index (κ3) is 5.11. The van der Waals surface area contributed by atoms with Crippen LogP contribution in [0, 0.1) is 0 Å². The van der Waals surface area contributed by atoms with Gasteiger partial charge in [-0.2, -0.15) is 0 Å². The number of furan rings is 1. The maximum Gasteiger partial charge on any atom is 0.225 e. The highest BCUT2D eigenvalue weighted by atomic mass is 16.5. The van der Waals surface area contributed by atoms with Gasteiger partial charge in [-0.25, -0.2) is 0 Å². The number of fused-ring (bicyclic) bond motifs is 1. The molecule has 1 heterocycles. The quantitative estimate of drug-likeness (QED) is 0.499. The first-order valence-corrected chi connectivity index (χ1v) is 10.3. The number of benzene rings is 2. The van der Waals surface area contributed by atoms with Crippen LogP contribution in [0.1, 0.15) is 32.1 Å². The van der Waals surface area contributed by atoms with Gasteiger partial charge in [0.2, 0.25) is 11.7 Å². The van der Waals surface area contributed by atoms with Crippen LogP contribution in [0.4, 0.5) is 5.69 Å². The number of nitrogens with one attached hydrogen (secondary N) is 1. The van der Waals surface area contributed by atoms with Gasteiger partial charge in [-0.15, -0.1) is 0 Å². The molecule has 0 aliphatic rings. The Hall–Kier alpha value is -3.19. The Labute approximate surface area is 182 Å². The molecule has 1 amide bonds. The summed E-state index contributed by atoms with van der Waals surface area (Å²) in [4.78, 5) is 14.8. The van der Waals surface area contributed by atoms with E-state index in [1.807, 2.05) is 24.3 Å². The summed E-state index contributed by atoms with van der Waals surface area (Å²) < 4.78 is 22.0. The van der Waals surface area contributed by atoms with Crippen molar-refractivity contribution in [3.8, 4) is 17.2 Å². The van der Waals surface area contributed by atoms with Crippen LogP contribution < -0.4 is 19.5 Å². The van der Waals surface area contributed by atoms with Crippen LogP contribution in [0.5, 0.6) is 17.2 Å². The van der Waals surface area contributed by atoms with Gasteiger partial charge in [0.15, 0.2) is 11.5 Å². The maximum absolute atomic E-state index is 12.6. The lowest BCUT2D eigenvalue weighted by atomic mass is 10.2. The monoisotopic (exact) mass is 426 g/mol. The smallest absolute Gasteiger partial charge is 0.225 e. The minimum Gasteiger partial charge on any atom is -0.493 e. The first-order chi connectivity index (χ1) is 15.0. The van der Waals surface area contributed by atoms with Crippen molar-refractivity contribution in [1.29, 1.82) is 0 Å². The van der Waals surface area contributed by atoms with Crippen LogP contribution in [0.25, 0.3) is 11.0 Å². The van der Waals surface area contributed by atoms with Gasteiger partial charge in [0.1, 0.15) is 11.3 Å².